The van der Waals surface area contributed by atoms with E-state index in [-0.39, 0.29) is 0 Å². The third-order valence-corrected chi connectivity index (χ3v) is 3.85. The van der Waals surface area contributed by atoms with Crippen molar-refractivity contribution in [2.45, 2.75) is 16.5 Å². The fraction of sp³-hybridized carbons (Fsp3) is 0.273. The summed E-state index contributed by atoms with van der Waals surface area (Å²) in [5.41, 5.74) is 6.67. The molecule has 0 spiro atoms. The molecule has 1 heterocycles. The number of aryl methyl sites for hydroxylation is 1. The highest BCUT2D eigenvalue weighted by Gasteiger charge is 2.10. The number of aromatic nitrogens is 3. The summed E-state index contributed by atoms with van der Waals surface area (Å²) in [6, 6.07) is 5.84. The molecule has 2 N–H and O–H groups in total. The van der Waals surface area contributed by atoms with Gasteiger partial charge in [0.15, 0.2) is 5.16 Å². The number of benzene rings is 1. The summed E-state index contributed by atoms with van der Waals surface area (Å²) in [5.74, 6) is 0. The lowest BCUT2D eigenvalue weighted by molar-refractivity contribution is 0.685. The van der Waals surface area contributed by atoms with Crippen LogP contribution in [0.2, 0.25) is 5.02 Å². The SMILES string of the molecule is Cn1ncnc1Sc1cccc(Cl)c1CCN. The number of nitrogens with zero attached hydrogens (tertiary/aromatic N) is 3. The van der Waals surface area contributed by atoms with E-state index in [0.717, 1.165) is 27.1 Å². The quantitative estimate of drug-likeness (QED) is 0.923. The molecule has 0 saturated heterocycles. The molecule has 0 amide bonds. The third kappa shape index (κ3) is 2.80. The van der Waals surface area contributed by atoms with E-state index in [2.05, 4.69) is 10.1 Å². The minimum Gasteiger partial charge on any atom is -0.330 e. The summed E-state index contributed by atoms with van der Waals surface area (Å²) in [6.07, 6.45) is 2.30. The van der Waals surface area contributed by atoms with Crippen molar-refractivity contribution in [3.63, 3.8) is 0 Å². The predicted molar refractivity (Wildman–Crippen MR) is 69.3 cm³/mol. The molecule has 0 unspecified atom stereocenters. The highest BCUT2D eigenvalue weighted by Crippen LogP contribution is 2.32. The normalized spacial score (nSPS) is 10.8. The fourth-order valence-corrected chi connectivity index (χ4v) is 2.78. The van der Waals surface area contributed by atoms with Gasteiger partial charge in [-0.3, -0.25) is 0 Å². The molecule has 0 atom stereocenters. The molecule has 1 aromatic carbocycles. The second kappa shape index (κ2) is 5.53. The molecular formula is C11H13ClN4S. The lowest BCUT2D eigenvalue weighted by Crippen LogP contribution is -2.04. The molecular weight excluding hydrogens is 256 g/mol. The lowest BCUT2D eigenvalue weighted by atomic mass is 10.1. The van der Waals surface area contributed by atoms with Crippen molar-refractivity contribution in [1.29, 1.82) is 0 Å². The average molecular weight is 269 g/mol. The first-order valence-electron chi connectivity index (χ1n) is 5.21. The zero-order chi connectivity index (χ0) is 12.3. The van der Waals surface area contributed by atoms with Gasteiger partial charge in [0.25, 0.3) is 0 Å². The molecule has 1 aromatic heterocycles. The van der Waals surface area contributed by atoms with Gasteiger partial charge in [0.2, 0.25) is 0 Å². The van der Waals surface area contributed by atoms with E-state index in [1.165, 1.54) is 6.33 Å². The third-order valence-electron chi connectivity index (χ3n) is 2.34. The molecule has 2 rings (SSSR count). The Morgan fingerprint density at radius 2 is 2.29 bits per heavy atom. The first-order chi connectivity index (χ1) is 8.22. The van der Waals surface area contributed by atoms with Gasteiger partial charge in [-0.15, -0.1) is 0 Å². The van der Waals surface area contributed by atoms with Crippen LogP contribution in [0, 0.1) is 0 Å². The van der Waals surface area contributed by atoms with E-state index in [9.17, 15) is 0 Å². The average Bonchev–Trinajstić information content (AvgIpc) is 2.70. The van der Waals surface area contributed by atoms with Gasteiger partial charge in [-0.25, -0.2) is 9.67 Å². The maximum absolute atomic E-state index is 6.18. The Hall–Kier alpha value is -1.04. The van der Waals surface area contributed by atoms with Crippen LogP contribution in [0.5, 0.6) is 0 Å². The van der Waals surface area contributed by atoms with Gasteiger partial charge in [0.1, 0.15) is 6.33 Å². The molecule has 0 aliphatic heterocycles. The Labute approximate surface area is 109 Å². The topological polar surface area (TPSA) is 56.7 Å². The summed E-state index contributed by atoms with van der Waals surface area (Å²) < 4.78 is 1.73. The molecule has 0 aliphatic rings. The largest absolute Gasteiger partial charge is 0.330 e. The van der Waals surface area contributed by atoms with Gasteiger partial charge < -0.3 is 5.73 Å². The van der Waals surface area contributed by atoms with Gasteiger partial charge >= 0.3 is 0 Å². The summed E-state index contributed by atoms with van der Waals surface area (Å²) >= 11 is 7.73. The zero-order valence-corrected chi connectivity index (χ0v) is 11.0. The van der Waals surface area contributed by atoms with Gasteiger partial charge in [-0.2, -0.15) is 5.10 Å². The molecule has 0 fully saturated rings. The van der Waals surface area contributed by atoms with Crippen LogP contribution in [0.15, 0.2) is 34.6 Å². The summed E-state index contributed by atoms with van der Waals surface area (Å²) in [6.45, 7) is 0.579. The molecule has 0 bridgehead atoms. The Bertz CT molecular complexity index is 512. The predicted octanol–water partition coefficient (Wildman–Crippen LogP) is 2.12. The van der Waals surface area contributed by atoms with Crippen LogP contribution in [-0.2, 0) is 13.5 Å². The molecule has 0 saturated carbocycles. The zero-order valence-electron chi connectivity index (χ0n) is 9.43. The van der Waals surface area contributed by atoms with E-state index in [4.69, 9.17) is 17.3 Å². The highest BCUT2D eigenvalue weighted by molar-refractivity contribution is 7.99. The van der Waals surface area contributed by atoms with Crippen molar-refractivity contribution in [3.05, 3.63) is 35.1 Å². The van der Waals surface area contributed by atoms with Crippen LogP contribution in [-0.4, -0.2) is 21.3 Å². The monoisotopic (exact) mass is 268 g/mol. The van der Waals surface area contributed by atoms with Crippen LogP contribution in [0.3, 0.4) is 0 Å². The minimum atomic E-state index is 0.579. The molecule has 90 valence electrons. The standard InChI is InChI=1S/C11H13ClN4S/c1-16-11(14-7-15-16)17-10-4-2-3-9(12)8(10)5-6-13/h2-4,7H,5-6,13H2,1H3. The second-order valence-electron chi connectivity index (χ2n) is 3.52. The highest BCUT2D eigenvalue weighted by atomic mass is 35.5. The Morgan fingerprint density at radius 3 is 2.94 bits per heavy atom. The first kappa shape index (κ1) is 12.4. The van der Waals surface area contributed by atoms with Gasteiger partial charge in [-0.05, 0) is 42.4 Å². The second-order valence-corrected chi connectivity index (χ2v) is 4.94. The van der Waals surface area contributed by atoms with Crippen molar-refractivity contribution in [3.8, 4) is 0 Å². The van der Waals surface area contributed by atoms with Crippen LogP contribution in [0.4, 0.5) is 0 Å². The van der Waals surface area contributed by atoms with Gasteiger partial charge in [0, 0.05) is 17.0 Å². The van der Waals surface area contributed by atoms with Crippen molar-refractivity contribution in [2.75, 3.05) is 6.54 Å². The molecule has 6 heteroatoms. The van der Waals surface area contributed by atoms with Crippen LogP contribution in [0.25, 0.3) is 0 Å². The Kier molecular flexibility index (Phi) is 4.04. The van der Waals surface area contributed by atoms with E-state index in [1.54, 1.807) is 16.4 Å². The lowest BCUT2D eigenvalue weighted by Gasteiger charge is -2.09. The number of nitrogens with two attached hydrogens (primary N) is 1. The summed E-state index contributed by atoms with van der Waals surface area (Å²) in [4.78, 5) is 5.26. The van der Waals surface area contributed by atoms with Crippen molar-refractivity contribution in [1.82, 2.24) is 14.8 Å². The van der Waals surface area contributed by atoms with E-state index < -0.39 is 0 Å². The maximum atomic E-state index is 6.18. The fourth-order valence-electron chi connectivity index (χ4n) is 1.50. The van der Waals surface area contributed by atoms with Crippen LogP contribution >= 0.6 is 23.4 Å². The molecule has 4 nitrogen and oxygen atoms in total. The number of halogens is 1. The van der Waals surface area contributed by atoms with Crippen LogP contribution < -0.4 is 5.73 Å². The first-order valence-corrected chi connectivity index (χ1v) is 6.41. The van der Waals surface area contributed by atoms with E-state index in [0.29, 0.717) is 6.54 Å². The summed E-state index contributed by atoms with van der Waals surface area (Å²) in [7, 11) is 1.86. The van der Waals surface area contributed by atoms with Crippen molar-refractivity contribution < 1.29 is 0 Å². The smallest absolute Gasteiger partial charge is 0.190 e. The number of rotatable bonds is 4. The molecule has 17 heavy (non-hydrogen) atoms. The van der Waals surface area contributed by atoms with Crippen molar-refractivity contribution >= 4 is 23.4 Å². The van der Waals surface area contributed by atoms with E-state index in [1.807, 2.05) is 25.2 Å². The van der Waals surface area contributed by atoms with Crippen LogP contribution in [0.1, 0.15) is 5.56 Å². The minimum absolute atomic E-state index is 0.579. The molecule has 0 aliphatic carbocycles. The molecule has 0 radical (unpaired) electrons. The molecule has 2 aromatic rings. The van der Waals surface area contributed by atoms with Gasteiger partial charge in [-0.1, -0.05) is 17.7 Å². The van der Waals surface area contributed by atoms with Gasteiger partial charge in [0.05, 0.1) is 0 Å². The number of hydrogen-bond donors (Lipinski definition) is 1. The number of hydrogen-bond acceptors (Lipinski definition) is 4. The maximum Gasteiger partial charge on any atom is 0.190 e. The van der Waals surface area contributed by atoms with Crippen molar-refractivity contribution in [2.24, 2.45) is 12.8 Å². The summed E-state index contributed by atoms with van der Waals surface area (Å²) in [5, 5.41) is 5.63. The Balaban J connectivity index is 2.32. The Morgan fingerprint density at radius 1 is 1.47 bits per heavy atom. The van der Waals surface area contributed by atoms with E-state index >= 15 is 0 Å².